The molecule has 0 radical (unpaired) electrons. The van der Waals surface area contributed by atoms with E-state index in [1.807, 2.05) is 11.6 Å². The van der Waals surface area contributed by atoms with Crippen molar-refractivity contribution in [2.75, 3.05) is 0 Å². The van der Waals surface area contributed by atoms with E-state index in [9.17, 15) is 8.42 Å². The Morgan fingerprint density at radius 2 is 1.68 bits per heavy atom. The SMILES string of the molecule is Cc1ccc(S(=O)(=O)NC([S-])=C(C#N)C#N)cc1.[Na+]. The Labute approximate surface area is 139 Å². The molecule has 0 heterocycles. The zero-order chi connectivity index (χ0) is 13.8. The van der Waals surface area contributed by atoms with Crippen LogP contribution in [0.4, 0.5) is 0 Å². The molecule has 1 aromatic carbocycles. The predicted molar refractivity (Wildman–Crippen MR) is 67.1 cm³/mol. The summed E-state index contributed by atoms with van der Waals surface area (Å²) in [5.41, 5.74) is 0.471. The van der Waals surface area contributed by atoms with E-state index in [0.717, 1.165) is 5.56 Å². The first-order valence-corrected chi connectivity index (χ1v) is 6.61. The molecule has 0 amide bonds. The number of sulfonamides is 1. The standard InChI is InChI=1S/C11H9N3O2S2.Na/c1-8-2-4-10(5-3-8)18(15,16)14-11(17)9(6-12)7-13;/h2-5,14,17H,1H3;/q;+1/p-1. The Morgan fingerprint density at radius 3 is 2.11 bits per heavy atom. The van der Waals surface area contributed by atoms with Crippen molar-refractivity contribution in [1.29, 1.82) is 10.5 Å². The van der Waals surface area contributed by atoms with E-state index in [1.54, 1.807) is 12.1 Å². The fourth-order valence-corrected chi connectivity index (χ4v) is 2.45. The van der Waals surface area contributed by atoms with E-state index < -0.39 is 20.6 Å². The maximum atomic E-state index is 11.9. The van der Waals surface area contributed by atoms with Crippen molar-refractivity contribution in [3.05, 3.63) is 40.4 Å². The van der Waals surface area contributed by atoms with Crippen LogP contribution in [0.5, 0.6) is 0 Å². The van der Waals surface area contributed by atoms with Gasteiger partial charge in [0, 0.05) is 0 Å². The Kier molecular flexibility index (Phi) is 7.06. The summed E-state index contributed by atoms with van der Waals surface area (Å²) in [4.78, 5) is 0.0191. The number of allylic oxidation sites excluding steroid dienone is 1. The second-order valence-corrected chi connectivity index (χ2v) is 5.44. The number of nitrogens with one attached hydrogen (secondary N) is 1. The maximum Gasteiger partial charge on any atom is 1.00 e. The summed E-state index contributed by atoms with van der Waals surface area (Å²) in [5, 5.41) is 16.7. The number of benzene rings is 1. The molecule has 8 heteroatoms. The van der Waals surface area contributed by atoms with Gasteiger partial charge in [-0.15, -0.1) is 0 Å². The van der Waals surface area contributed by atoms with E-state index in [1.165, 1.54) is 24.3 Å². The third kappa shape index (κ3) is 4.83. The van der Waals surface area contributed by atoms with Gasteiger partial charge in [-0.05, 0) is 19.1 Å². The molecule has 0 atom stereocenters. The van der Waals surface area contributed by atoms with Gasteiger partial charge in [0.05, 0.1) is 4.90 Å². The van der Waals surface area contributed by atoms with Gasteiger partial charge in [-0.2, -0.15) is 10.5 Å². The Hall–Kier alpha value is -1.09. The van der Waals surface area contributed by atoms with Crippen LogP contribution in [0.25, 0.3) is 0 Å². The fourth-order valence-electron chi connectivity index (χ4n) is 1.08. The van der Waals surface area contributed by atoms with Crippen molar-refractivity contribution in [2.24, 2.45) is 0 Å². The number of aryl methyl sites for hydroxylation is 1. The van der Waals surface area contributed by atoms with Gasteiger partial charge in [0.25, 0.3) is 10.0 Å². The third-order valence-corrected chi connectivity index (χ3v) is 3.81. The zero-order valence-electron chi connectivity index (χ0n) is 10.3. The number of rotatable bonds is 3. The summed E-state index contributed by atoms with van der Waals surface area (Å²) in [6.45, 7) is 1.83. The molecule has 5 nitrogen and oxygen atoms in total. The summed E-state index contributed by atoms with van der Waals surface area (Å²) in [6.07, 6.45) is 0. The molecule has 0 aliphatic carbocycles. The van der Waals surface area contributed by atoms with E-state index in [0.29, 0.717) is 0 Å². The summed E-state index contributed by atoms with van der Waals surface area (Å²) < 4.78 is 25.7. The average Bonchev–Trinajstić information content (AvgIpc) is 2.30. The second-order valence-electron chi connectivity index (χ2n) is 3.35. The Bertz CT molecular complexity index is 651. The zero-order valence-corrected chi connectivity index (χ0v) is 14.0. The number of nitrogens with zero attached hydrogens (tertiary/aromatic N) is 2. The first-order valence-electron chi connectivity index (χ1n) is 4.71. The summed E-state index contributed by atoms with van der Waals surface area (Å²) in [5.74, 6) is 0. The molecule has 0 fully saturated rings. The molecular weight excluding hydrogens is 293 g/mol. The normalized spacial score (nSPS) is 9.42. The van der Waals surface area contributed by atoms with Gasteiger partial charge in [0.1, 0.15) is 17.7 Å². The van der Waals surface area contributed by atoms with Crippen LogP contribution in [0.2, 0.25) is 0 Å². The first kappa shape index (κ1) is 17.9. The smallest absolute Gasteiger partial charge is 0.760 e. The van der Waals surface area contributed by atoms with Crippen molar-refractivity contribution in [3.63, 3.8) is 0 Å². The minimum absolute atomic E-state index is 0. The molecule has 92 valence electrons. The molecular formula is C11H8N3NaO2S2. The van der Waals surface area contributed by atoms with Gasteiger partial charge < -0.3 is 17.4 Å². The maximum absolute atomic E-state index is 11.9. The predicted octanol–water partition coefficient (Wildman–Crippen LogP) is -1.92. The molecule has 1 rings (SSSR count). The van der Waals surface area contributed by atoms with Gasteiger partial charge in [0.2, 0.25) is 0 Å². The molecule has 0 aliphatic heterocycles. The molecule has 19 heavy (non-hydrogen) atoms. The van der Waals surface area contributed by atoms with E-state index in [-0.39, 0.29) is 34.5 Å². The van der Waals surface area contributed by atoms with Crippen LogP contribution in [0.3, 0.4) is 0 Å². The van der Waals surface area contributed by atoms with E-state index >= 15 is 0 Å². The molecule has 0 aliphatic rings. The van der Waals surface area contributed by atoms with Crippen LogP contribution in [-0.4, -0.2) is 8.42 Å². The third-order valence-electron chi connectivity index (χ3n) is 2.01. The Morgan fingerprint density at radius 1 is 1.21 bits per heavy atom. The van der Waals surface area contributed by atoms with Gasteiger partial charge in [-0.3, -0.25) is 0 Å². The van der Waals surface area contributed by atoms with Gasteiger partial charge in [-0.25, -0.2) is 8.42 Å². The van der Waals surface area contributed by atoms with Crippen LogP contribution in [-0.2, 0) is 22.7 Å². The Balaban J connectivity index is 0.00000324. The van der Waals surface area contributed by atoms with Gasteiger partial charge in [0.15, 0.2) is 0 Å². The van der Waals surface area contributed by atoms with E-state index in [4.69, 9.17) is 10.5 Å². The van der Waals surface area contributed by atoms with Crippen molar-refractivity contribution >= 4 is 22.7 Å². The van der Waals surface area contributed by atoms with Crippen LogP contribution in [0, 0.1) is 29.6 Å². The van der Waals surface area contributed by atoms with Crippen LogP contribution >= 0.6 is 0 Å². The summed E-state index contributed by atoms with van der Waals surface area (Å²) >= 11 is 4.68. The summed E-state index contributed by atoms with van der Waals surface area (Å²) in [6, 6.07) is 9.15. The number of hydrogen-bond donors (Lipinski definition) is 1. The summed E-state index contributed by atoms with van der Waals surface area (Å²) in [7, 11) is -3.86. The monoisotopic (exact) mass is 301 g/mol. The second kappa shape index (κ2) is 7.49. The number of nitriles is 2. The quantitative estimate of drug-likeness (QED) is 0.399. The fraction of sp³-hybridized carbons (Fsp3) is 0.0909. The molecule has 1 N–H and O–H groups in total. The number of hydrogen-bond acceptors (Lipinski definition) is 5. The van der Waals surface area contributed by atoms with Crippen LogP contribution in [0.15, 0.2) is 39.8 Å². The van der Waals surface area contributed by atoms with Crippen molar-refractivity contribution in [3.8, 4) is 12.1 Å². The molecule has 0 saturated carbocycles. The molecule has 0 spiro atoms. The minimum Gasteiger partial charge on any atom is -0.760 e. The van der Waals surface area contributed by atoms with Crippen molar-refractivity contribution in [2.45, 2.75) is 11.8 Å². The van der Waals surface area contributed by atoms with Crippen molar-refractivity contribution < 1.29 is 38.0 Å². The molecule has 1 aromatic rings. The van der Waals surface area contributed by atoms with E-state index in [2.05, 4.69) is 12.6 Å². The topological polar surface area (TPSA) is 93.8 Å². The van der Waals surface area contributed by atoms with Gasteiger partial charge in [-0.1, -0.05) is 22.7 Å². The van der Waals surface area contributed by atoms with Crippen LogP contribution < -0.4 is 34.3 Å². The average molecular weight is 301 g/mol. The largest absolute Gasteiger partial charge is 1.00 e. The molecule has 0 bridgehead atoms. The molecule has 0 unspecified atom stereocenters. The molecule has 0 saturated heterocycles. The first-order chi connectivity index (χ1) is 8.40. The van der Waals surface area contributed by atoms with Crippen LogP contribution in [0.1, 0.15) is 5.56 Å². The minimum atomic E-state index is -3.86. The molecule has 0 aromatic heterocycles. The van der Waals surface area contributed by atoms with Gasteiger partial charge >= 0.3 is 29.6 Å². The van der Waals surface area contributed by atoms with Crippen molar-refractivity contribution in [1.82, 2.24) is 4.72 Å².